The largest absolute Gasteiger partial charge is 0.364 e. The summed E-state index contributed by atoms with van der Waals surface area (Å²) in [4.78, 5) is 16.8. The highest BCUT2D eigenvalue weighted by Gasteiger charge is 2.23. The number of pyridine rings is 1. The minimum absolute atomic E-state index is 0.113. The van der Waals surface area contributed by atoms with E-state index in [0.717, 1.165) is 10.9 Å². The molecule has 0 aliphatic heterocycles. The highest BCUT2D eigenvalue weighted by Crippen LogP contribution is 2.21. The lowest BCUT2D eigenvalue weighted by Crippen LogP contribution is -2.15. The summed E-state index contributed by atoms with van der Waals surface area (Å²) in [5, 5.41) is 14.1. The highest BCUT2D eigenvalue weighted by atomic mass is 16.5. The number of Topliss-reactive ketones (excluding diaryl/α,β-unsaturated/α-hetero) is 1. The molecule has 0 bridgehead atoms. The number of para-hydroxylation sites is 1. The summed E-state index contributed by atoms with van der Waals surface area (Å²) in [6, 6.07) is 13.3. The number of aryl methyl sites for hydroxylation is 1. The zero-order valence-corrected chi connectivity index (χ0v) is 12.0. The van der Waals surface area contributed by atoms with Gasteiger partial charge in [0.05, 0.1) is 23.0 Å². The van der Waals surface area contributed by atoms with Crippen LogP contribution in [0, 0.1) is 18.3 Å². The molecule has 0 radical (unpaired) electrons. The summed E-state index contributed by atoms with van der Waals surface area (Å²) in [5.74, 6) is -1.10. The molecule has 0 spiro atoms. The van der Waals surface area contributed by atoms with Gasteiger partial charge in [0, 0.05) is 17.4 Å². The Bertz CT molecular complexity index is 877. The molecule has 2 heterocycles. The minimum Gasteiger partial charge on any atom is -0.364 e. The standard InChI is InChI=1S/C17H13N3O2/c1-11-13(10-22-20-11)8-17(21)14(9-18)16-7-6-12-4-2-3-5-15(12)19-16/h2-7,10,14H,8H2,1H3. The minimum atomic E-state index is -0.890. The third-order valence-electron chi connectivity index (χ3n) is 3.58. The number of aromatic nitrogens is 2. The van der Waals surface area contributed by atoms with Crippen LogP contribution >= 0.6 is 0 Å². The van der Waals surface area contributed by atoms with Gasteiger partial charge in [0.1, 0.15) is 12.2 Å². The number of fused-ring (bicyclic) bond motifs is 1. The van der Waals surface area contributed by atoms with Crippen LogP contribution in [0.4, 0.5) is 0 Å². The molecular weight excluding hydrogens is 278 g/mol. The number of hydrogen-bond donors (Lipinski definition) is 0. The van der Waals surface area contributed by atoms with E-state index in [4.69, 9.17) is 4.52 Å². The molecule has 1 unspecified atom stereocenters. The number of rotatable bonds is 4. The van der Waals surface area contributed by atoms with Gasteiger partial charge in [-0.1, -0.05) is 29.4 Å². The second kappa shape index (κ2) is 5.78. The molecule has 0 amide bonds. The number of carbonyl (C=O) groups is 1. The lowest BCUT2D eigenvalue weighted by molar-refractivity contribution is -0.118. The second-order valence-electron chi connectivity index (χ2n) is 5.06. The van der Waals surface area contributed by atoms with Crippen molar-refractivity contribution in [1.29, 1.82) is 5.26 Å². The maximum absolute atomic E-state index is 12.4. The van der Waals surface area contributed by atoms with Crippen molar-refractivity contribution in [3.63, 3.8) is 0 Å². The molecule has 5 heteroatoms. The van der Waals surface area contributed by atoms with E-state index < -0.39 is 5.92 Å². The quantitative estimate of drug-likeness (QED) is 0.738. The van der Waals surface area contributed by atoms with Gasteiger partial charge >= 0.3 is 0 Å². The van der Waals surface area contributed by atoms with Gasteiger partial charge in [-0.25, -0.2) is 0 Å². The van der Waals surface area contributed by atoms with Crippen molar-refractivity contribution in [3.8, 4) is 6.07 Å². The third-order valence-corrected chi connectivity index (χ3v) is 3.58. The van der Waals surface area contributed by atoms with E-state index in [1.54, 1.807) is 13.0 Å². The van der Waals surface area contributed by atoms with Gasteiger partial charge in [0.25, 0.3) is 0 Å². The molecule has 0 saturated carbocycles. The monoisotopic (exact) mass is 291 g/mol. The van der Waals surface area contributed by atoms with E-state index in [-0.39, 0.29) is 12.2 Å². The number of ketones is 1. The van der Waals surface area contributed by atoms with Crippen LogP contribution in [0.5, 0.6) is 0 Å². The topological polar surface area (TPSA) is 79.8 Å². The normalized spacial score (nSPS) is 12.0. The van der Waals surface area contributed by atoms with Gasteiger partial charge in [0.15, 0.2) is 5.78 Å². The van der Waals surface area contributed by atoms with E-state index in [1.165, 1.54) is 6.26 Å². The first-order chi connectivity index (χ1) is 10.7. The zero-order chi connectivity index (χ0) is 15.5. The Morgan fingerprint density at radius 1 is 1.32 bits per heavy atom. The molecular formula is C17H13N3O2. The predicted octanol–water partition coefficient (Wildman–Crippen LogP) is 2.95. The highest BCUT2D eigenvalue weighted by molar-refractivity contribution is 5.90. The number of carbonyl (C=O) groups excluding carboxylic acids is 1. The van der Waals surface area contributed by atoms with Crippen LogP contribution in [-0.2, 0) is 11.2 Å². The Kier molecular flexibility index (Phi) is 3.67. The van der Waals surface area contributed by atoms with E-state index in [2.05, 4.69) is 16.2 Å². The molecule has 0 aliphatic carbocycles. The van der Waals surface area contributed by atoms with Crippen molar-refractivity contribution in [2.24, 2.45) is 0 Å². The molecule has 1 atom stereocenters. The third kappa shape index (κ3) is 2.59. The van der Waals surface area contributed by atoms with Gasteiger partial charge in [0.2, 0.25) is 0 Å². The van der Waals surface area contributed by atoms with Crippen LogP contribution in [0.1, 0.15) is 22.9 Å². The fraction of sp³-hybridized carbons (Fsp3) is 0.176. The Labute approximate surface area is 127 Å². The summed E-state index contributed by atoms with van der Waals surface area (Å²) >= 11 is 0. The van der Waals surface area contributed by atoms with Crippen molar-refractivity contribution in [1.82, 2.24) is 10.1 Å². The SMILES string of the molecule is Cc1nocc1CC(=O)C(C#N)c1ccc2ccccc2n1. The zero-order valence-electron chi connectivity index (χ0n) is 12.0. The van der Waals surface area contributed by atoms with Crippen LogP contribution in [-0.4, -0.2) is 15.9 Å². The molecule has 2 aromatic heterocycles. The number of hydrogen-bond acceptors (Lipinski definition) is 5. The van der Waals surface area contributed by atoms with Crippen molar-refractivity contribution >= 4 is 16.7 Å². The van der Waals surface area contributed by atoms with Crippen LogP contribution in [0.15, 0.2) is 47.2 Å². The Morgan fingerprint density at radius 2 is 2.14 bits per heavy atom. The number of nitriles is 1. The van der Waals surface area contributed by atoms with Gasteiger partial charge in [-0.05, 0) is 19.1 Å². The van der Waals surface area contributed by atoms with Gasteiger partial charge in [-0.2, -0.15) is 5.26 Å². The molecule has 108 valence electrons. The van der Waals surface area contributed by atoms with E-state index in [1.807, 2.05) is 30.3 Å². The molecule has 1 aromatic carbocycles. The molecule has 0 N–H and O–H groups in total. The van der Waals surface area contributed by atoms with Crippen LogP contribution < -0.4 is 0 Å². The van der Waals surface area contributed by atoms with Crippen molar-refractivity contribution < 1.29 is 9.32 Å². The smallest absolute Gasteiger partial charge is 0.160 e. The molecule has 0 fully saturated rings. The van der Waals surface area contributed by atoms with Crippen molar-refractivity contribution in [2.75, 3.05) is 0 Å². The lowest BCUT2D eigenvalue weighted by atomic mass is 9.95. The van der Waals surface area contributed by atoms with Crippen LogP contribution in [0.25, 0.3) is 10.9 Å². The molecule has 3 aromatic rings. The Balaban J connectivity index is 1.90. The second-order valence-corrected chi connectivity index (χ2v) is 5.06. The first-order valence-electron chi connectivity index (χ1n) is 6.87. The average Bonchev–Trinajstić information content (AvgIpc) is 2.93. The maximum Gasteiger partial charge on any atom is 0.160 e. The van der Waals surface area contributed by atoms with Crippen LogP contribution in [0.3, 0.4) is 0 Å². The average molecular weight is 291 g/mol. The summed E-state index contributed by atoms with van der Waals surface area (Å²) in [6.07, 6.45) is 1.55. The van der Waals surface area contributed by atoms with E-state index >= 15 is 0 Å². The predicted molar refractivity (Wildman–Crippen MR) is 80.0 cm³/mol. The van der Waals surface area contributed by atoms with E-state index in [9.17, 15) is 10.1 Å². The van der Waals surface area contributed by atoms with Crippen LogP contribution in [0.2, 0.25) is 0 Å². The maximum atomic E-state index is 12.4. The molecule has 0 aliphatic rings. The Hall–Kier alpha value is -3.00. The van der Waals surface area contributed by atoms with Gasteiger partial charge < -0.3 is 4.52 Å². The summed E-state index contributed by atoms with van der Waals surface area (Å²) in [6.45, 7) is 1.77. The van der Waals surface area contributed by atoms with Gasteiger partial charge in [-0.15, -0.1) is 0 Å². The first-order valence-corrected chi connectivity index (χ1v) is 6.87. The Morgan fingerprint density at radius 3 is 2.86 bits per heavy atom. The van der Waals surface area contributed by atoms with Crippen molar-refractivity contribution in [3.05, 3.63) is 59.6 Å². The first kappa shape index (κ1) is 14.0. The summed E-state index contributed by atoms with van der Waals surface area (Å²) in [5.41, 5.74) is 2.61. The summed E-state index contributed by atoms with van der Waals surface area (Å²) in [7, 11) is 0. The fourth-order valence-corrected chi connectivity index (χ4v) is 2.32. The molecule has 0 saturated heterocycles. The number of benzene rings is 1. The fourth-order valence-electron chi connectivity index (χ4n) is 2.32. The van der Waals surface area contributed by atoms with E-state index in [0.29, 0.717) is 17.0 Å². The number of nitrogens with zero attached hydrogens (tertiary/aromatic N) is 3. The molecule has 3 rings (SSSR count). The molecule has 22 heavy (non-hydrogen) atoms. The van der Waals surface area contributed by atoms with Crippen molar-refractivity contribution in [2.45, 2.75) is 19.3 Å². The molecule has 5 nitrogen and oxygen atoms in total. The lowest BCUT2D eigenvalue weighted by Gasteiger charge is -2.08. The summed E-state index contributed by atoms with van der Waals surface area (Å²) < 4.78 is 4.82. The van der Waals surface area contributed by atoms with Gasteiger partial charge in [-0.3, -0.25) is 9.78 Å².